The molecule has 0 unspecified atom stereocenters. The van der Waals surface area contributed by atoms with Gasteiger partial charge in [-0.25, -0.2) is 0 Å². The van der Waals surface area contributed by atoms with Gasteiger partial charge in [-0.05, 0) is 24.3 Å². The lowest BCUT2D eigenvalue weighted by atomic mass is 9.91. The number of alkyl halides is 3. The Balaban J connectivity index is 2.61. The zero-order valence-corrected chi connectivity index (χ0v) is 8.88. The maximum Gasteiger partial charge on any atom is 0.401 e. The summed E-state index contributed by atoms with van der Waals surface area (Å²) in [5, 5.41) is 2.26. The van der Waals surface area contributed by atoms with Crippen molar-refractivity contribution in [3.63, 3.8) is 0 Å². The van der Waals surface area contributed by atoms with Crippen LogP contribution in [0, 0.1) is 0 Å². The maximum absolute atomic E-state index is 12.0. The lowest BCUT2D eigenvalue weighted by Crippen LogP contribution is -2.59. The van der Waals surface area contributed by atoms with E-state index in [1.165, 1.54) is 0 Å². The van der Waals surface area contributed by atoms with Crippen molar-refractivity contribution in [2.24, 2.45) is 5.73 Å². The topological polar surface area (TPSA) is 55.1 Å². The van der Waals surface area contributed by atoms with Crippen molar-refractivity contribution in [2.75, 3.05) is 18.1 Å². The Hall–Kier alpha value is -0.430. The third-order valence-electron chi connectivity index (χ3n) is 2.45. The van der Waals surface area contributed by atoms with Crippen LogP contribution in [0.5, 0.6) is 0 Å². The first-order chi connectivity index (χ1) is 6.86. The van der Waals surface area contributed by atoms with E-state index in [4.69, 9.17) is 5.73 Å². The molecule has 1 aliphatic rings. The summed E-state index contributed by atoms with van der Waals surface area (Å²) in [4.78, 5) is 11.2. The molecule has 0 aliphatic carbocycles. The smallest absolute Gasteiger partial charge is 0.368 e. The zero-order valence-electron chi connectivity index (χ0n) is 8.06. The van der Waals surface area contributed by atoms with E-state index in [0.717, 1.165) is 0 Å². The summed E-state index contributed by atoms with van der Waals surface area (Å²) in [5.41, 5.74) is 3.99. The molecule has 15 heavy (non-hydrogen) atoms. The highest BCUT2D eigenvalue weighted by Crippen LogP contribution is 2.27. The first-order valence-electron chi connectivity index (χ1n) is 4.55. The van der Waals surface area contributed by atoms with E-state index >= 15 is 0 Å². The van der Waals surface area contributed by atoms with Crippen molar-refractivity contribution in [3.8, 4) is 0 Å². The lowest BCUT2D eigenvalue weighted by Gasteiger charge is -2.35. The SMILES string of the molecule is NC(=O)C1(NCC(F)(F)F)CCSCC1. The van der Waals surface area contributed by atoms with Crippen LogP contribution in [-0.4, -0.2) is 35.7 Å². The van der Waals surface area contributed by atoms with Gasteiger partial charge in [-0.2, -0.15) is 24.9 Å². The van der Waals surface area contributed by atoms with E-state index in [9.17, 15) is 18.0 Å². The molecule has 88 valence electrons. The summed E-state index contributed by atoms with van der Waals surface area (Å²) >= 11 is 1.62. The molecule has 0 aromatic carbocycles. The first-order valence-corrected chi connectivity index (χ1v) is 5.71. The Morgan fingerprint density at radius 1 is 1.40 bits per heavy atom. The molecule has 0 aromatic rings. The molecule has 7 heteroatoms. The van der Waals surface area contributed by atoms with Crippen molar-refractivity contribution < 1.29 is 18.0 Å². The fraction of sp³-hybridized carbons (Fsp3) is 0.875. The number of carbonyl (C=O) groups excluding carboxylic acids is 1. The maximum atomic E-state index is 12.0. The second kappa shape index (κ2) is 4.61. The molecule has 1 amide bonds. The number of carbonyl (C=O) groups is 1. The number of rotatable bonds is 3. The van der Waals surface area contributed by atoms with E-state index in [0.29, 0.717) is 24.3 Å². The number of nitrogens with one attached hydrogen (secondary N) is 1. The van der Waals surface area contributed by atoms with Crippen LogP contribution in [-0.2, 0) is 4.79 Å². The summed E-state index contributed by atoms with van der Waals surface area (Å²) < 4.78 is 36.1. The molecule has 0 atom stereocenters. The van der Waals surface area contributed by atoms with Crippen LogP contribution < -0.4 is 11.1 Å². The molecule has 1 aliphatic heterocycles. The highest BCUT2D eigenvalue weighted by molar-refractivity contribution is 7.99. The fourth-order valence-electron chi connectivity index (χ4n) is 1.50. The molecule has 1 heterocycles. The Morgan fingerprint density at radius 3 is 2.33 bits per heavy atom. The average Bonchev–Trinajstić information content (AvgIpc) is 2.15. The molecule has 0 bridgehead atoms. The van der Waals surface area contributed by atoms with Crippen LogP contribution in [0.15, 0.2) is 0 Å². The molecule has 1 saturated heterocycles. The summed E-state index contributed by atoms with van der Waals surface area (Å²) in [6.45, 7) is -1.17. The van der Waals surface area contributed by atoms with Gasteiger partial charge >= 0.3 is 6.18 Å². The van der Waals surface area contributed by atoms with Crippen LogP contribution in [0.2, 0.25) is 0 Å². The van der Waals surface area contributed by atoms with Crippen LogP contribution >= 0.6 is 11.8 Å². The number of hydrogen-bond acceptors (Lipinski definition) is 3. The van der Waals surface area contributed by atoms with E-state index in [-0.39, 0.29) is 0 Å². The molecule has 0 aromatic heterocycles. The van der Waals surface area contributed by atoms with Gasteiger partial charge < -0.3 is 5.73 Å². The van der Waals surface area contributed by atoms with Crippen molar-refractivity contribution in [3.05, 3.63) is 0 Å². The number of hydrogen-bond donors (Lipinski definition) is 2. The molecule has 3 nitrogen and oxygen atoms in total. The Labute approximate surface area is 90.0 Å². The number of primary amides is 1. The predicted octanol–water partition coefficient (Wildman–Crippen LogP) is 0.889. The Kier molecular flexibility index (Phi) is 3.88. The number of halogens is 3. The van der Waals surface area contributed by atoms with Gasteiger partial charge in [0.05, 0.1) is 12.1 Å². The minimum absolute atomic E-state index is 0.364. The Morgan fingerprint density at radius 2 is 1.93 bits per heavy atom. The normalized spacial score (nSPS) is 21.3. The van der Waals surface area contributed by atoms with Gasteiger partial charge in [0.1, 0.15) is 0 Å². The summed E-state index contributed by atoms with van der Waals surface area (Å²) in [7, 11) is 0. The molecule has 3 N–H and O–H groups in total. The highest BCUT2D eigenvalue weighted by Gasteiger charge is 2.41. The molecule has 0 radical (unpaired) electrons. The van der Waals surface area contributed by atoms with Gasteiger partial charge in [0.2, 0.25) is 5.91 Å². The van der Waals surface area contributed by atoms with E-state index in [1.807, 2.05) is 0 Å². The molecule has 1 fully saturated rings. The number of nitrogens with two attached hydrogens (primary N) is 1. The minimum Gasteiger partial charge on any atom is -0.368 e. The van der Waals surface area contributed by atoms with Gasteiger partial charge in [-0.15, -0.1) is 0 Å². The quantitative estimate of drug-likeness (QED) is 0.772. The van der Waals surface area contributed by atoms with Gasteiger partial charge in [0.15, 0.2) is 0 Å². The number of amides is 1. The number of thioether (sulfide) groups is 1. The van der Waals surface area contributed by atoms with Gasteiger partial charge in [-0.1, -0.05) is 0 Å². The zero-order chi connectivity index (χ0) is 11.5. The Bertz CT molecular complexity index is 239. The van der Waals surface area contributed by atoms with E-state index < -0.39 is 24.2 Å². The van der Waals surface area contributed by atoms with Gasteiger partial charge in [-0.3, -0.25) is 10.1 Å². The summed E-state index contributed by atoms with van der Waals surface area (Å²) in [5.74, 6) is 0.633. The van der Waals surface area contributed by atoms with Crippen molar-refractivity contribution >= 4 is 17.7 Å². The van der Waals surface area contributed by atoms with Crippen LogP contribution in [0.3, 0.4) is 0 Å². The predicted molar refractivity (Wildman–Crippen MR) is 52.5 cm³/mol. The third kappa shape index (κ3) is 3.57. The van der Waals surface area contributed by atoms with Crippen molar-refractivity contribution in [2.45, 2.75) is 24.6 Å². The fourth-order valence-corrected chi connectivity index (χ4v) is 2.69. The van der Waals surface area contributed by atoms with Crippen LogP contribution in [0.25, 0.3) is 0 Å². The second-order valence-electron chi connectivity index (χ2n) is 3.53. The van der Waals surface area contributed by atoms with Crippen molar-refractivity contribution in [1.82, 2.24) is 5.32 Å². The summed E-state index contributed by atoms with van der Waals surface area (Å²) in [6, 6.07) is 0. The van der Waals surface area contributed by atoms with Crippen LogP contribution in [0.1, 0.15) is 12.8 Å². The second-order valence-corrected chi connectivity index (χ2v) is 4.75. The standard InChI is InChI=1S/C8H13F3N2OS/c9-8(10,11)5-13-7(6(12)14)1-3-15-4-2-7/h13H,1-5H2,(H2,12,14). The highest BCUT2D eigenvalue weighted by atomic mass is 32.2. The van der Waals surface area contributed by atoms with Gasteiger partial charge in [0, 0.05) is 0 Å². The minimum atomic E-state index is -4.31. The molecular formula is C8H13F3N2OS. The van der Waals surface area contributed by atoms with Gasteiger partial charge in [0.25, 0.3) is 0 Å². The molecule has 1 rings (SSSR count). The monoisotopic (exact) mass is 242 g/mol. The summed E-state index contributed by atoms with van der Waals surface area (Å²) in [6.07, 6.45) is -3.58. The van der Waals surface area contributed by atoms with Crippen LogP contribution in [0.4, 0.5) is 13.2 Å². The first kappa shape index (κ1) is 12.6. The molecule has 0 saturated carbocycles. The third-order valence-corrected chi connectivity index (χ3v) is 3.43. The average molecular weight is 242 g/mol. The van der Waals surface area contributed by atoms with E-state index in [2.05, 4.69) is 5.32 Å². The largest absolute Gasteiger partial charge is 0.401 e. The lowest BCUT2D eigenvalue weighted by molar-refractivity contribution is -0.136. The van der Waals surface area contributed by atoms with Crippen molar-refractivity contribution in [1.29, 1.82) is 0 Å². The molecule has 0 spiro atoms. The molecular weight excluding hydrogens is 229 g/mol. The van der Waals surface area contributed by atoms with E-state index in [1.54, 1.807) is 11.8 Å².